The van der Waals surface area contributed by atoms with Gasteiger partial charge in [-0.05, 0) is 71.2 Å². The molecule has 0 fully saturated rings. The van der Waals surface area contributed by atoms with Crippen molar-refractivity contribution in [1.29, 1.82) is 0 Å². The van der Waals surface area contributed by atoms with E-state index in [1.54, 1.807) is 12.4 Å². The van der Waals surface area contributed by atoms with Crippen LogP contribution >= 0.6 is 0 Å². The summed E-state index contributed by atoms with van der Waals surface area (Å²) < 4.78 is 5.49. The summed E-state index contributed by atoms with van der Waals surface area (Å²) in [5, 5.41) is 25.1. The van der Waals surface area contributed by atoms with Gasteiger partial charge in [0, 0.05) is 31.3 Å². The molecule has 11 heteroatoms. The lowest BCUT2D eigenvalue weighted by atomic mass is 9.90. The Balaban J connectivity index is 1.49. The highest BCUT2D eigenvalue weighted by Crippen LogP contribution is 2.21. The van der Waals surface area contributed by atoms with Crippen molar-refractivity contribution in [2.45, 2.75) is 110 Å². The molecule has 0 spiro atoms. The number of aromatic nitrogens is 1. The third-order valence-electron chi connectivity index (χ3n) is 9.73. The second-order valence-electron chi connectivity index (χ2n) is 14.5. The van der Waals surface area contributed by atoms with Gasteiger partial charge in [0.15, 0.2) is 0 Å². The molecule has 0 saturated heterocycles. The predicted octanol–water partition coefficient (Wildman–Crippen LogP) is 6.37. The number of pyridine rings is 1. The summed E-state index contributed by atoms with van der Waals surface area (Å²) in [7, 11) is 0. The molecule has 55 heavy (non-hydrogen) atoms. The van der Waals surface area contributed by atoms with E-state index in [-0.39, 0.29) is 31.3 Å². The SMILES string of the molecule is CCCC[C@H](NC(=O)[C@H](Cc1cccc2ccccc12)NC(=O)OCc1ccccc1)C(=O)N[C@@H](CC(C)C)[C@@H](O)C[C@@H](CC)C(=O)NCc1ccncc1. The van der Waals surface area contributed by atoms with Crippen LogP contribution in [0, 0.1) is 11.8 Å². The summed E-state index contributed by atoms with van der Waals surface area (Å²) in [6.07, 6.45) is 4.66. The fourth-order valence-corrected chi connectivity index (χ4v) is 6.61. The number of rotatable bonds is 21. The topological polar surface area (TPSA) is 159 Å². The molecule has 4 aromatic rings. The molecule has 294 valence electrons. The van der Waals surface area contributed by atoms with Gasteiger partial charge in [-0.2, -0.15) is 0 Å². The lowest BCUT2D eigenvalue weighted by molar-refractivity contribution is -0.131. The Hall–Kier alpha value is -5.29. The molecule has 0 unspecified atom stereocenters. The largest absolute Gasteiger partial charge is 0.445 e. The van der Waals surface area contributed by atoms with Gasteiger partial charge in [0.25, 0.3) is 0 Å². The molecule has 3 aromatic carbocycles. The zero-order valence-electron chi connectivity index (χ0n) is 32.5. The Morgan fingerprint density at radius 2 is 1.44 bits per heavy atom. The first kappa shape index (κ1) is 42.5. The highest BCUT2D eigenvalue weighted by Gasteiger charge is 2.32. The van der Waals surface area contributed by atoms with E-state index >= 15 is 0 Å². The summed E-state index contributed by atoms with van der Waals surface area (Å²) in [6, 6.07) is 23.9. The standard InChI is InChI=1S/C44H57N5O6/c1-5-7-20-37(42(52)48-38(25-30(3)4)40(50)27-33(6-2)41(51)46-28-31-21-23-45-24-22-31)47-43(53)39(49-44(54)55-29-32-14-9-8-10-15-32)26-35-18-13-17-34-16-11-12-19-36(34)35/h8-19,21-24,30,33,37-40,50H,5-7,20,25-29H2,1-4H3,(H,46,51)(H,47,53)(H,48,52)(H,49,54)/t33-,37+,38+,39+,40+/m1/s1. The Labute approximate surface area is 325 Å². The minimum absolute atomic E-state index is 0.0294. The number of alkyl carbamates (subject to hydrolysis) is 1. The number of amides is 4. The first-order chi connectivity index (χ1) is 26.6. The quantitative estimate of drug-likeness (QED) is 0.0662. The number of ether oxygens (including phenoxy) is 1. The van der Waals surface area contributed by atoms with Crippen LogP contribution in [-0.2, 0) is 38.7 Å². The molecule has 0 saturated carbocycles. The van der Waals surface area contributed by atoms with Crippen LogP contribution in [0.1, 0.15) is 82.9 Å². The second-order valence-corrected chi connectivity index (χ2v) is 14.5. The third-order valence-corrected chi connectivity index (χ3v) is 9.73. The average Bonchev–Trinajstić information content (AvgIpc) is 3.19. The number of carbonyl (C=O) groups is 4. The van der Waals surface area contributed by atoms with Crippen LogP contribution in [0.2, 0.25) is 0 Å². The summed E-state index contributed by atoms with van der Waals surface area (Å²) in [4.78, 5) is 58.4. The van der Waals surface area contributed by atoms with Crippen LogP contribution in [0.5, 0.6) is 0 Å². The number of hydrogen-bond donors (Lipinski definition) is 5. The molecular weight excluding hydrogens is 695 g/mol. The molecule has 1 aromatic heterocycles. The van der Waals surface area contributed by atoms with Crippen LogP contribution in [0.4, 0.5) is 4.79 Å². The Bertz CT molecular complexity index is 1800. The van der Waals surface area contributed by atoms with Gasteiger partial charge in [-0.25, -0.2) is 4.79 Å². The normalized spacial score (nSPS) is 13.9. The molecule has 4 amide bonds. The molecule has 0 aliphatic heterocycles. The number of nitrogens with one attached hydrogen (secondary N) is 4. The molecule has 5 N–H and O–H groups in total. The molecule has 0 radical (unpaired) electrons. The monoisotopic (exact) mass is 751 g/mol. The van der Waals surface area contributed by atoms with Gasteiger partial charge < -0.3 is 31.1 Å². The number of nitrogens with zero attached hydrogens (tertiary/aromatic N) is 1. The fraction of sp³-hybridized carbons (Fsp3) is 0.432. The van der Waals surface area contributed by atoms with Crippen molar-refractivity contribution in [3.8, 4) is 0 Å². The highest BCUT2D eigenvalue weighted by molar-refractivity contribution is 5.92. The van der Waals surface area contributed by atoms with E-state index in [1.165, 1.54) is 0 Å². The molecule has 0 aliphatic rings. The predicted molar refractivity (Wildman–Crippen MR) is 215 cm³/mol. The summed E-state index contributed by atoms with van der Waals surface area (Å²) >= 11 is 0. The summed E-state index contributed by atoms with van der Waals surface area (Å²) in [5.41, 5.74) is 2.58. The first-order valence-electron chi connectivity index (χ1n) is 19.5. The molecule has 5 atom stereocenters. The molecule has 11 nitrogen and oxygen atoms in total. The van der Waals surface area contributed by atoms with Crippen molar-refractivity contribution in [3.63, 3.8) is 0 Å². The number of unbranched alkanes of at least 4 members (excludes halogenated alkanes) is 1. The van der Waals surface area contributed by atoms with Crippen molar-refractivity contribution in [2.75, 3.05) is 0 Å². The molecule has 0 aliphatic carbocycles. The van der Waals surface area contributed by atoms with Crippen molar-refractivity contribution < 1.29 is 29.0 Å². The Morgan fingerprint density at radius 3 is 2.15 bits per heavy atom. The smallest absolute Gasteiger partial charge is 0.408 e. The van der Waals surface area contributed by atoms with E-state index in [1.807, 2.05) is 113 Å². The number of benzene rings is 3. The maximum absolute atomic E-state index is 14.1. The van der Waals surface area contributed by atoms with E-state index in [4.69, 9.17) is 4.74 Å². The van der Waals surface area contributed by atoms with Gasteiger partial charge in [-0.3, -0.25) is 19.4 Å². The first-order valence-corrected chi connectivity index (χ1v) is 19.5. The van der Waals surface area contributed by atoms with E-state index < -0.39 is 48.1 Å². The zero-order valence-corrected chi connectivity index (χ0v) is 32.5. The van der Waals surface area contributed by atoms with Gasteiger partial charge in [-0.15, -0.1) is 0 Å². The Morgan fingerprint density at radius 1 is 0.745 bits per heavy atom. The minimum atomic E-state index is -1.06. The lowest BCUT2D eigenvalue weighted by Crippen LogP contribution is -2.57. The molecular formula is C44H57N5O6. The van der Waals surface area contributed by atoms with Gasteiger partial charge in [0.2, 0.25) is 17.7 Å². The van der Waals surface area contributed by atoms with Gasteiger partial charge in [0.05, 0.1) is 12.1 Å². The van der Waals surface area contributed by atoms with E-state index in [2.05, 4.69) is 26.3 Å². The molecule has 0 bridgehead atoms. The van der Waals surface area contributed by atoms with E-state index in [0.29, 0.717) is 32.2 Å². The summed E-state index contributed by atoms with van der Waals surface area (Å²) in [6.45, 7) is 8.28. The highest BCUT2D eigenvalue weighted by atomic mass is 16.5. The van der Waals surface area contributed by atoms with Crippen LogP contribution in [0.15, 0.2) is 97.3 Å². The maximum Gasteiger partial charge on any atom is 0.408 e. The van der Waals surface area contributed by atoms with Crippen molar-refractivity contribution in [3.05, 3.63) is 114 Å². The third kappa shape index (κ3) is 13.8. The van der Waals surface area contributed by atoms with Crippen molar-refractivity contribution in [2.24, 2.45) is 11.8 Å². The van der Waals surface area contributed by atoms with Gasteiger partial charge >= 0.3 is 6.09 Å². The number of carbonyl (C=O) groups excluding carboxylic acids is 4. The van der Waals surface area contributed by atoms with Crippen molar-refractivity contribution >= 4 is 34.6 Å². The number of hydrogen-bond acceptors (Lipinski definition) is 7. The van der Waals surface area contributed by atoms with Crippen LogP contribution in [0.3, 0.4) is 0 Å². The van der Waals surface area contributed by atoms with Crippen LogP contribution in [0.25, 0.3) is 10.8 Å². The fourth-order valence-electron chi connectivity index (χ4n) is 6.61. The van der Waals surface area contributed by atoms with Gasteiger partial charge in [-0.1, -0.05) is 113 Å². The number of fused-ring (bicyclic) bond motifs is 1. The average molecular weight is 752 g/mol. The summed E-state index contributed by atoms with van der Waals surface area (Å²) in [5.74, 6) is -1.48. The second kappa shape index (κ2) is 22.2. The van der Waals surface area contributed by atoms with E-state index in [0.717, 1.165) is 33.9 Å². The number of aliphatic hydroxyl groups excluding tert-OH is 1. The molecule has 4 rings (SSSR count). The van der Waals surface area contributed by atoms with Gasteiger partial charge in [0.1, 0.15) is 18.7 Å². The van der Waals surface area contributed by atoms with Crippen LogP contribution < -0.4 is 21.3 Å². The van der Waals surface area contributed by atoms with Crippen molar-refractivity contribution in [1.82, 2.24) is 26.3 Å². The Kier molecular flexibility index (Phi) is 17.1. The van der Waals surface area contributed by atoms with E-state index in [9.17, 15) is 24.3 Å². The maximum atomic E-state index is 14.1. The van der Waals surface area contributed by atoms with Crippen LogP contribution in [-0.4, -0.2) is 58.1 Å². The molecule has 1 heterocycles. The lowest BCUT2D eigenvalue weighted by Gasteiger charge is -2.30. The number of aliphatic hydroxyl groups is 1. The minimum Gasteiger partial charge on any atom is -0.445 e. The zero-order chi connectivity index (χ0) is 39.6.